The fourth-order valence-corrected chi connectivity index (χ4v) is 2.82. The maximum Gasteiger partial charge on any atom is 0.245 e. The Labute approximate surface area is 155 Å². The van der Waals surface area contributed by atoms with Gasteiger partial charge in [0.05, 0.1) is 25.2 Å². The van der Waals surface area contributed by atoms with Gasteiger partial charge in [-0.2, -0.15) is 0 Å². The van der Waals surface area contributed by atoms with Gasteiger partial charge in [-0.3, -0.25) is 4.79 Å². The van der Waals surface area contributed by atoms with Crippen molar-refractivity contribution in [1.82, 2.24) is 0 Å². The molecular formula is C21H18F2O4. The van der Waals surface area contributed by atoms with E-state index in [0.717, 1.165) is 17.7 Å². The largest absolute Gasteiger partial charge is 0.495 e. The van der Waals surface area contributed by atoms with Crippen LogP contribution in [0.2, 0.25) is 0 Å². The van der Waals surface area contributed by atoms with Gasteiger partial charge >= 0.3 is 0 Å². The third kappa shape index (κ3) is 3.97. The fourth-order valence-electron chi connectivity index (χ4n) is 2.82. The SMILES string of the molecule is COC1=CC(C(=O)c2c(F)cccc2F)C=CC1(O)OCc1ccccc1. The number of Topliss-reactive ketones (excluding diaryl/α,β-unsaturated/α-hetero) is 1. The number of methoxy groups -OCH3 is 1. The molecule has 27 heavy (non-hydrogen) atoms. The van der Waals surface area contributed by atoms with Crippen molar-refractivity contribution in [2.45, 2.75) is 12.4 Å². The number of hydrogen-bond donors (Lipinski definition) is 1. The van der Waals surface area contributed by atoms with Gasteiger partial charge < -0.3 is 14.6 Å². The third-order valence-corrected chi connectivity index (χ3v) is 4.25. The van der Waals surface area contributed by atoms with Crippen molar-refractivity contribution in [3.05, 3.63) is 95.3 Å². The number of allylic oxidation sites excluding steroid dienone is 2. The van der Waals surface area contributed by atoms with Crippen LogP contribution in [0.4, 0.5) is 8.78 Å². The number of aliphatic hydroxyl groups is 1. The summed E-state index contributed by atoms with van der Waals surface area (Å²) in [6.07, 6.45) is 3.87. The second-order valence-electron chi connectivity index (χ2n) is 6.05. The van der Waals surface area contributed by atoms with Gasteiger partial charge in [0.1, 0.15) is 11.6 Å². The molecule has 0 saturated heterocycles. The van der Waals surface area contributed by atoms with Crippen LogP contribution < -0.4 is 0 Å². The summed E-state index contributed by atoms with van der Waals surface area (Å²) in [6.45, 7) is 0.100. The summed E-state index contributed by atoms with van der Waals surface area (Å²) in [5, 5.41) is 10.7. The Morgan fingerprint density at radius 2 is 1.78 bits per heavy atom. The van der Waals surface area contributed by atoms with Crippen molar-refractivity contribution in [2.75, 3.05) is 7.11 Å². The first-order chi connectivity index (χ1) is 12.9. The van der Waals surface area contributed by atoms with Crippen molar-refractivity contribution in [3.8, 4) is 0 Å². The molecule has 0 spiro atoms. The zero-order chi connectivity index (χ0) is 19.4. The number of carbonyl (C=O) groups is 1. The molecule has 1 N–H and O–H groups in total. The highest BCUT2D eigenvalue weighted by Gasteiger charge is 2.37. The van der Waals surface area contributed by atoms with Crippen LogP contribution >= 0.6 is 0 Å². The molecule has 4 nitrogen and oxygen atoms in total. The molecule has 0 heterocycles. The van der Waals surface area contributed by atoms with Gasteiger partial charge in [0.25, 0.3) is 0 Å². The van der Waals surface area contributed by atoms with Crippen LogP contribution in [0.5, 0.6) is 0 Å². The number of halogens is 2. The number of benzene rings is 2. The Hall–Kier alpha value is -2.83. The van der Waals surface area contributed by atoms with Crippen LogP contribution in [0.15, 0.2) is 72.5 Å². The van der Waals surface area contributed by atoms with Crippen molar-refractivity contribution < 1.29 is 28.2 Å². The highest BCUT2D eigenvalue weighted by molar-refractivity contribution is 6.00. The quantitative estimate of drug-likeness (QED) is 0.476. The van der Waals surface area contributed by atoms with Gasteiger partial charge in [-0.15, -0.1) is 0 Å². The lowest BCUT2D eigenvalue weighted by Crippen LogP contribution is -2.36. The highest BCUT2D eigenvalue weighted by Crippen LogP contribution is 2.31. The van der Waals surface area contributed by atoms with E-state index in [2.05, 4.69) is 0 Å². The lowest BCUT2D eigenvalue weighted by molar-refractivity contribution is -0.171. The summed E-state index contributed by atoms with van der Waals surface area (Å²) in [4.78, 5) is 12.5. The maximum absolute atomic E-state index is 13.9. The molecule has 2 aromatic carbocycles. The van der Waals surface area contributed by atoms with Crippen molar-refractivity contribution in [2.24, 2.45) is 5.92 Å². The zero-order valence-corrected chi connectivity index (χ0v) is 14.6. The van der Waals surface area contributed by atoms with E-state index in [0.29, 0.717) is 0 Å². The summed E-state index contributed by atoms with van der Waals surface area (Å²) >= 11 is 0. The Morgan fingerprint density at radius 3 is 2.41 bits per heavy atom. The standard InChI is InChI=1S/C21H18F2O4/c1-26-18-12-15(20(24)19-16(22)8-5-9-17(19)23)10-11-21(18,25)27-13-14-6-3-2-4-7-14/h2-12,15,25H,13H2,1H3. The van der Waals surface area contributed by atoms with Gasteiger partial charge in [0.15, 0.2) is 11.5 Å². The molecule has 2 unspecified atom stereocenters. The molecule has 0 fully saturated rings. The molecule has 0 saturated carbocycles. The second kappa shape index (κ2) is 7.82. The van der Waals surface area contributed by atoms with E-state index in [1.165, 1.54) is 31.4 Å². The van der Waals surface area contributed by atoms with E-state index < -0.39 is 34.7 Å². The number of ketones is 1. The van der Waals surface area contributed by atoms with Crippen LogP contribution in [-0.2, 0) is 16.1 Å². The van der Waals surface area contributed by atoms with Crippen molar-refractivity contribution >= 4 is 5.78 Å². The van der Waals surface area contributed by atoms with E-state index in [1.807, 2.05) is 30.3 Å². The van der Waals surface area contributed by atoms with Crippen LogP contribution in [0.1, 0.15) is 15.9 Å². The van der Waals surface area contributed by atoms with E-state index in [1.54, 1.807) is 0 Å². The average molecular weight is 372 g/mol. The minimum atomic E-state index is -1.88. The van der Waals surface area contributed by atoms with Crippen LogP contribution in [0.3, 0.4) is 0 Å². The maximum atomic E-state index is 13.9. The predicted octanol–water partition coefficient (Wildman–Crippen LogP) is 3.77. The second-order valence-corrected chi connectivity index (χ2v) is 6.05. The van der Waals surface area contributed by atoms with Crippen molar-refractivity contribution in [1.29, 1.82) is 0 Å². The molecular weight excluding hydrogens is 354 g/mol. The smallest absolute Gasteiger partial charge is 0.245 e. The van der Waals surface area contributed by atoms with E-state index >= 15 is 0 Å². The number of hydrogen-bond acceptors (Lipinski definition) is 4. The van der Waals surface area contributed by atoms with Gasteiger partial charge in [0, 0.05) is 0 Å². The number of ether oxygens (including phenoxy) is 2. The summed E-state index contributed by atoms with van der Waals surface area (Å²) in [7, 11) is 1.31. The van der Waals surface area contributed by atoms with Crippen LogP contribution in [0, 0.1) is 17.6 Å². The average Bonchev–Trinajstić information content (AvgIpc) is 2.67. The number of rotatable bonds is 6. The summed E-state index contributed by atoms with van der Waals surface area (Å²) in [6, 6.07) is 12.4. The highest BCUT2D eigenvalue weighted by atomic mass is 19.1. The number of carbonyl (C=O) groups excluding carboxylic acids is 1. The molecule has 1 aliphatic rings. The van der Waals surface area contributed by atoms with Gasteiger partial charge in [-0.1, -0.05) is 42.5 Å². The van der Waals surface area contributed by atoms with Crippen LogP contribution in [0.25, 0.3) is 0 Å². The zero-order valence-electron chi connectivity index (χ0n) is 14.6. The van der Waals surface area contributed by atoms with E-state index in [-0.39, 0.29) is 12.4 Å². The first kappa shape index (κ1) is 18.9. The minimum absolute atomic E-state index is 0.0315. The summed E-state index contributed by atoms with van der Waals surface area (Å²) < 4.78 is 38.5. The lowest BCUT2D eigenvalue weighted by Gasteiger charge is -2.30. The minimum Gasteiger partial charge on any atom is -0.495 e. The van der Waals surface area contributed by atoms with Crippen molar-refractivity contribution in [3.63, 3.8) is 0 Å². The molecule has 140 valence electrons. The molecule has 0 aliphatic heterocycles. The normalized spacial score (nSPS) is 21.6. The molecule has 0 bridgehead atoms. The summed E-state index contributed by atoms with van der Waals surface area (Å²) in [5.74, 6) is -5.57. The third-order valence-electron chi connectivity index (χ3n) is 4.25. The fraction of sp³-hybridized carbons (Fsp3) is 0.190. The molecule has 2 aromatic rings. The first-order valence-corrected chi connectivity index (χ1v) is 8.29. The Kier molecular flexibility index (Phi) is 5.48. The van der Waals surface area contributed by atoms with Gasteiger partial charge in [-0.05, 0) is 29.8 Å². The molecule has 0 amide bonds. The van der Waals surface area contributed by atoms with Crippen LogP contribution in [-0.4, -0.2) is 23.8 Å². The monoisotopic (exact) mass is 372 g/mol. The molecule has 2 atom stereocenters. The molecule has 6 heteroatoms. The topological polar surface area (TPSA) is 55.8 Å². The molecule has 1 aliphatic carbocycles. The predicted molar refractivity (Wildman–Crippen MR) is 94.6 cm³/mol. The van der Waals surface area contributed by atoms with E-state index in [4.69, 9.17) is 9.47 Å². The lowest BCUT2D eigenvalue weighted by atomic mass is 9.90. The first-order valence-electron chi connectivity index (χ1n) is 8.29. The Morgan fingerprint density at radius 1 is 1.11 bits per heavy atom. The molecule has 3 rings (SSSR count). The van der Waals surface area contributed by atoms with Gasteiger partial charge in [0.2, 0.25) is 5.79 Å². The van der Waals surface area contributed by atoms with Gasteiger partial charge in [-0.25, -0.2) is 8.78 Å². The molecule has 0 radical (unpaired) electrons. The Bertz CT molecular complexity index is 872. The molecule has 0 aromatic heterocycles. The Balaban J connectivity index is 1.81. The van der Waals surface area contributed by atoms with E-state index in [9.17, 15) is 18.7 Å². The summed E-state index contributed by atoms with van der Waals surface area (Å²) in [5.41, 5.74) is 0.205.